The molecule has 0 spiro atoms. The molecule has 0 amide bonds. The third-order valence-electron chi connectivity index (χ3n) is 3.10. The van der Waals surface area contributed by atoms with Crippen LogP contribution in [0.1, 0.15) is 44.2 Å². The van der Waals surface area contributed by atoms with E-state index in [0.717, 1.165) is 6.54 Å². The van der Waals surface area contributed by atoms with Crippen LogP contribution in [0.25, 0.3) is 0 Å². The summed E-state index contributed by atoms with van der Waals surface area (Å²) in [6, 6.07) is 9.26. The molecule has 1 rings (SSSR count). The van der Waals surface area contributed by atoms with Crippen LogP contribution in [0, 0.1) is 3.57 Å². The first-order chi connectivity index (χ1) is 8.74. The Kier molecular flexibility index (Phi) is 9.15. The van der Waals surface area contributed by atoms with E-state index in [1.54, 1.807) is 0 Å². The van der Waals surface area contributed by atoms with Crippen molar-refractivity contribution in [1.29, 1.82) is 0 Å². The number of nitrogens with one attached hydrogen (secondary N) is 1. The summed E-state index contributed by atoms with van der Waals surface area (Å²) in [6.45, 7) is 3.38. The van der Waals surface area contributed by atoms with Gasteiger partial charge in [0.1, 0.15) is 0 Å². The smallest absolute Gasteiger partial charge is 0.0291 e. The highest BCUT2D eigenvalue weighted by molar-refractivity contribution is 14.1. The third-order valence-corrected chi connectivity index (χ3v) is 4.51. The summed E-state index contributed by atoms with van der Waals surface area (Å²) in [7, 11) is 0. The molecule has 0 aromatic heterocycles. The molecule has 0 aliphatic rings. The van der Waals surface area contributed by atoms with E-state index in [4.69, 9.17) is 0 Å². The fraction of sp³-hybridized carbons (Fsp3) is 0.600. The Hall–Kier alpha value is 0.260. The van der Waals surface area contributed by atoms with Crippen LogP contribution in [-0.2, 0) is 0 Å². The van der Waals surface area contributed by atoms with Crippen molar-refractivity contribution >= 4 is 34.4 Å². The van der Waals surface area contributed by atoms with Crippen molar-refractivity contribution in [2.75, 3.05) is 18.6 Å². The van der Waals surface area contributed by atoms with Gasteiger partial charge in [0, 0.05) is 9.61 Å². The van der Waals surface area contributed by atoms with E-state index >= 15 is 0 Å². The number of hydrogen-bond acceptors (Lipinski definition) is 2. The summed E-state index contributed by atoms with van der Waals surface area (Å²) >= 11 is 4.30. The lowest BCUT2D eigenvalue weighted by Gasteiger charge is -2.14. The number of halogens is 1. The van der Waals surface area contributed by atoms with Crippen LogP contribution in [0.15, 0.2) is 24.3 Å². The van der Waals surface area contributed by atoms with Gasteiger partial charge in [-0.3, -0.25) is 0 Å². The van der Waals surface area contributed by atoms with Crippen LogP contribution in [0.4, 0.5) is 0 Å². The van der Waals surface area contributed by atoms with Gasteiger partial charge in [-0.05, 0) is 78.6 Å². The molecule has 0 aliphatic heterocycles. The molecule has 1 atom stereocenters. The van der Waals surface area contributed by atoms with E-state index in [9.17, 15) is 0 Å². The third kappa shape index (κ3) is 7.00. The maximum atomic E-state index is 3.60. The van der Waals surface area contributed by atoms with Gasteiger partial charge < -0.3 is 5.32 Å². The minimum Gasteiger partial charge on any atom is -0.310 e. The molecular formula is C15H24INS. The van der Waals surface area contributed by atoms with Gasteiger partial charge >= 0.3 is 0 Å². The second-order valence-corrected chi connectivity index (χ2v) is 6.87. The zero-order chi connectivity index (χ0) is 13.2. The van der Waals surface area contributed by atoms with Crippen molar-refractivity contribution in [3.63, 3.8) is 0 Å². The molecular weight excluding hydrogens is 353 g/mol. The van der Waals surface area contributed by atoms with Gasteiger partial charge in [-0.1, -0.05) is 25.0 Å². The van der Waals surface area contributed by atoms with Gasteiger partial charge in [-0.2, -0.15) is 11.8 Å². The maximum absolute atomic E-state index is 3.60. The SMILES string of the molecule is CSCCCCCCNC(C)c1ccc(I)cc1. The fourth-order valence-electron chi connectivity index (χ4n) is 1.91. The molecule has 1 N–H and O–H groups in total. The first kappa shape index (κ1) is 16.3. The molecule has 0 heterocycles. The molecule has 0 saturated carbocycles. The summed E-state index contributed by atoms with van der Waals surface area (Å²) in [5, 5.41) is 3.60. The van der Waals surface area contributed by atoms with Gasteiger partial charge in [0.2, 0.25) is 0 Å². The highest BCUT2D eigenvalue weighted by Crippen LogP contribution is 2.14. The highest BCUT2D eigenvalue weighted by Gasteiger charge is 2.03. The number of rotatable bonds is 9. The van der Waals surface area contributed by atoms with Crippen LogP contribution in [0.2, 0.25) is 0 Å². The maximum Gasteiger partial charge on any atom is 0.0291 e. The minimum absolute atomic E-state index is 0.466. The molecule has 1 nitrogen and oxygen atoms in total. The number of unbranched alkanes of at least 4 members (excludes halogenated alkanes) is 3. The largest absolute Gasteiger partial charge is 0.310 e. The van der Waals surface area contributed by atoms with E-state index in [-0.39, 0.29) is 0 Å². The van der Waals surface area contributed by atoms with E-state index < -0.39 is 0 Å². The zero-order valence-corrected chi connectivity index (χ0v) is 14.4. The average molecular weight is 377 g/mol. The van der Waals surface area contributed by atoms with Crippen molar-refractivity contribution < 1.29 is 0 Å². The van der Waals surface area contributed by atoms with Crippen molar-refractivity contribution in [2.45, 2.75) is 38.6 Å². The van der Waals surface area contributed by atoms with Crippen LogP contribution in [-0.4, -0.2) is 18.6 Å². The van der Waals surface area contributed by atoms with Gasteiger partial charge in [-0.15, -0.1) is 0 Å². The van der Waals surface area contributed by atoms with E-state index in [2.05, 4.69) is 65.4 Å². The first-order valence-electron chi connectivity index (χ1n) is 6.72. The van der Waals surface area contributed by atoms with Gasteiger partial charge in [-0.25, -0.2) is 0 Å². The predicted octanol–water partition coefficient (Wildman–Crippen LogP) is 4.87. The van der Waals surface area contributed by atoms with E-state index in [0.29, 0.717) is 6.04 Å². The Morgan fingerprint density at radius 3 is 2.44 bits per heavy atom. The Balaban J connectivity index is 2.10. The van der Waals surface area contributed by atoms with Crippen molar-refractivity contribution in [3.05, 3.63) is 33.4 Å². The predicted molar refractivity (Wildman–Crippen MR) is 92.4 cm³/mol. The number of thioether (sulfide) groups is 1. The quantitative estimate of drug-likeness (QED) is 0.487. The summed E-state index contributed by atoms with van der Waals surface area (Å²) in [5.74, 6) is 1.31. The molecule has 1 aromatic carbocycles. The lowest BCUT2D eigenvalue weighted by molar-refractivity contribution is 0.537. The molecule has 102 valence electrons. The summed E-state index contributed by atoms with van der Waals surface area (Å²) in [5.41, 5.74) is 1.39. The fourth-order valence-corrected chi connectivity index (χ4v) is 2.77. The average Bonchev–Trinajstić information content (AvgIpc) is 2.38. The Labute approximate surface area is 130 Å². The van der Waals surface area contributed by atoms with Gasteiger partial charge in [0.05, 0.1) is 0 Å². The summed E-state index contributed by atoms with van der Waals surface area (Å²) in [4.78, 5) is 0. The topological polar surface area (TPSA) is 12.0 Å². The van der Waals surface area contributed by atoms with Gasteiger partial charge in [0.15, 0.2) is 0 Å². The first-order valence-corrected chi connectivity index (χ1v) is 9.19. The lowest BCUT2D eigenvalue weighted by atomic mass is 10.1. The van der Waals surface area contributed by atoms with Crippen molar-refractivity contribution in [3.8, 4) is 0 Å². The Morgan fingerprint density at radius 2 is 1.78 bits per heavy atom. The molecule has 0 bridgehead atoms. The van der Waals surface area contributed by atoms with Crippen LogP contribution >= 0.6 is 34.4 Å². The molecule has 0 saturated heterocycles. The number of hydrogen-bond donors (Lipinski definition) is 1. The van der Waals surface area contributed by atoms with Crippen LogP contribution in [0.3, 0.4) is 0 Å². The standard InChI is InChI=1S/C15H24INS/c1-13(14-7-9-15(16)10-8-14)17-11-5-3-4-6-12-18-2/h7-10,13,17H,3-6,11-12H2,1-2H3. The Bertz CT molecular complexity index is 313. The van der Waals surface area contributed by atoms with Crippen molar-refractivity contribution in [2.24, 2.45) is 0 Å². The molecule has 0 aliphatic carbocycles. The number of benzene rings is 1. The molecule has 0 fully saturated rings. The Morgan fingerprint density at radius 1 is 1.11 bits per heavy atom. The second-order valence-electron chi connectivity index (χ2n) is 4.63. The molecule has 1 aromatic rings. The van der Waals surface area contributed by atoms with E-state index in [1.165, 1.54) is 40.6 Å². The summed E-state index contributed by atoms with van der Waals surface area (Å²) in [6.07, 6.45) is 7.58. The second kappa shape index (κ2) is 10.1. The summed E-state index contributed by atoms with van der Waals surface area (Å²) < 4.78 is 1.30. The highest BCUT2D eigenvalue weighted by atomic mass is 127. The van der Waals surface area contributed by atoms with E-state index in [1.807, 2.05) is 11.8 Å². The molecule has 0 radical (unpaired) electrons. The van der Waals surface area contributed by atoms with Crippen molar-refractivity contribution in [1.82, 2.24) is 5.32 Å². The van der Waals surface area contributed by atoms with Crippen LogP contribution < -0.4 is 5.32 Å². The minimum atomic E-state index is 0.466. The monoisotopic (exact) mass is 377 g/mol. The molecule has 3 heteroatoms. The normalized spacial score (nSPS) is 12.6. The van der Waals surface area contributed by atoms with Gasteiger partial charge in [0.25, 0.3) is 0 Å². The van der Waals surface area contributed by atoms with Crippen LogP contribution in [0.5, 0.6) is 0 Å². The molecule has 1 unspecified atom stereocenters. The zero-order valence-electron chi connectivity index (χ0n) is 11.4. The lowest BCUT2D eigenvalue weighted by Crippen LogP contribution is -2.19. The molecule has 18 heavy (non-hydrogen) atoms.